The minimum Gasteiger partial charge on any atom is -0.345 e. The van der Waals surface area contributed by atoms with Gasteiger partial charge in [-0.3, -0.25) is 4.79 Å². The fraction of sp³-hybridized carbons (Fsp3) is 0.586. The van der Waals surface area contributed by atoms with E-state index in [0.717, 1.165) is 23.5 Å². The van der Waals surface area contributed by atoms with Crippen molar-refractivity contribution in [3.05, 3.63) is 52.5 Å². The summed E-state index contributed by atoms with van der Waals surface area (Å²) in [5.74, 6) is 1.04. The molecule has 2 aliphatic rings. The Morgan fingerprint density at radius 3 is 2.53 bits per heavy atom. The number of benzene rings is 1. The van der Waals surface area contributed by atoms with Gasteiger partial charge in [-0.25, -0.2) is 0 Å². The van der Waals surface area contributed by atoms with Gasteiger partial charge in [-0.15, -0.1) is 10.2 Å². The Bertz CT molecular complexity index is 1200. The van der Waals surface area contributed by atoms with E-state index in [0.29, 0.717) is 11.7 Å². The lowest BCUT2D eigenvalue weighted by Crippen LogP contribution is -2.24. The second-order valence-electron chi connectivity index (χ2n) is 12.3. The summed E-state index contributed by atoms with van der Waals surface area (Å²) in [6.07, 6.45) is 8.97. The molecule has 192 valence electrons. The van der Waals surface area contributed by atoms with Gasteiger partial charge in [-0.05, 0) is 84.2 Å². The van der Waals surface area contributed by atoms with E-state index in [4.69, 9.17) is 0 Å². The molecule has 0 atom stereocenters. The van der Waals surface area contributed by atoms with E-state index in [-0.39, 0.29) is 23.3 Å². The second-order valence-corrected chi connectivity index (χ2v) is 12.3. The van der Waals surface area contributed by atoms with Gasteiger partial charge in [0.1, 0.15) is 0 Å². The number of nitrogens with zero attached hydrogens (tertiary/aromatic N) is 4. The average molecular weight is 489 g/mol. The minimum absolute atomic E-state index is 0.0522. The molecule has 7 nitrogen and oxygen atoms in total. The lowest BCUT2D eigenvalue weighted by Gasteiger charge is -2.26. The van der Waals surface area contributed by atoms with Crippen LogP contribution in [0.5, 0.6) is 0 Å². The Balaban J connectivity index is 1.56. The first-order valence-corrected chi connectivity index (χ1v) is 13.5. The van der Waals surface area contributed by atoms with Crippen molar-refractivity contribution in [2.75, 3.05) is 0 Å². The van der Waals surface area contributed by atoms with Crippen LogP contribution in [-0.4, -0.2) is 31.1 Å². The number of carbonyl (C=O) groups excluding carboxylic acids is 1. The Morgan fingerprint density at radius 2 is 1.89 bits per heavy atom. The Kier molecular flexibility index (Phi) is 6.52. The topological polar surface area (TPSA) is 88.5 Å². The maximum Gasteiger partial charge on any atom is 0.253 e. The number of hydrogen-bond donors (Lipinski definition) is 2. The fourth-order valence-electron chi connectivity index (χ4n) is 5.52. The summed E-state index contributed by atoms with van der Waals surface area (Å²) in [5.41, 5.74) is 7.24. The van der Waals surface area contributed by atoms with Crippen LogP contribution in [0.15, 0.2) is 24.3 Å². The van der Waals surface area contributed by atoms with Crippen molar-refractivity contribution in [3.63, 3.8) is 0 Å². The first-order valence-electron chi connectivity index (χ1n) is 13.5. The van der Waals surface area contributed by atoms with Gasteiger partial charge in [-0.2, -0.15) is 5.21 Å². The lowest BCUT2D eigenvalue weighted by atomic mass is 9.82. The zero-order valence-corrected chi connectivity index (χ0v) is 22.4. The SMILES string of the molecule is Cc1c(C(=O)NCc2nn[nH]n2)cc(-c2cc(C(C)(C)C)cc(C3(C)CC3)c2)n1CC1CCCCC1. The summed E-state index contributed by atoms with van der Waals surface area (Å²) in [5, 5.41) is 16.9. The van der Waals surface area contributed by atoms with Gasteiger partial charge in [0.25, 0.3) is 5.91 Å². The first kappa shape index (κ1) is 24.7. The summed E-state index contributed by atoms with van der Waals surface area (Å²) >= 11 is 0. The third kappa shape index (κ3) is 5.11. The van der Waals surface area contributed by atoms with Crippen LogP contribution >= 0.6 is 0 Å². The van der Waals surface area contributed by atoms with Gasteiger partial charge in [0, 0.05) is 17.9 Å². The minimum atomic E-state index is -0.0951. The number of hydrogen-bond acceptors (Lipinski definition) is 4. The van der Waals surface area contributed by atoms with Crippen molar-refractivity contribution in [3.8, 4) is 11.3 Å². The van der Waals surface area contributed by atoms with Gasteiger partial charge >= 0.3 is 0 Å². The standard InChI is InChI=1S/C29H40N6O/c1-19-24(27(36)30-17-26-31-33-34-32-26)16-25(35(19)18-20-9-7-6-8-10-20)21-13-22(28(2,3)4)15-23(14-21)29(5)11-12-29/h13-16,20H,6-12,17-18H2,1-5H3,(H,30,36)(H,31,32,33,34). The largest absolute Gasteiger partial charge is 0.345 e. The molecule has 2 aliphatic carbocycles. The molecule has 2 aromatic heterocycles. The smallest absolute Gasteiger partial charge is 0.253 e. The van der Waals surface area contributed by atoms with Gasteiger partial charge in [0.05, 0.1) is 12.1 Å². The van der Waals surface area contributed by atoms with Gasteiger partial charge in [-0.1, -0.05) is 58.2 Å². The zero-order valence-electron chi connectivity index (χ0n) is 22.4. The fourth-order valence-corrected chi connectivity index (χ4v) is 5.52. The molecule has 1 amide bonds. The monoisotopic (exact) mass is 488 g/mol. The lowest BCUT2D eigenvalue weighted by molar-refractivity contribution is 0.0949. The highest BCUT2D eigenvalue weighted by molar-refractivity contribution is 5.97. The van der Waals surface area contributed by atoms with Crippen molar-refractivity contribution in [1.29, 1.82) is 0 Å². The van der Waals surface area contributed by atoms with Crippen LogP contribution in [0.3, 0.4) is 0 Å². The predicted octanol–water partition coefficient (Wildman–Crippen LogP) is 5.84. The maximum atomic E-state index is 13.3. The van der Waals surface area contributed by atoms with Crippen LogP contribution in [0.25, 0.3) is 11.3 Å². The van der Waals surface area contributed by atoms with Gasteiger partial charge < -0.3 is 9.88 Å². The van der Waals surface area contributed by atoms with Crippen LogP contribution < -0.4 is 5.32 Å². The summed E-state index contributed by atoms with van der Waals surface area (Å²) < 4.78 is 2.42. The third-order valence-corrected chi connectivity index (χ3v) is 8.36. The van der Waals surface area contributed by atoms with Crippen LogP contribution in [0, 0.1) is 12.8 Å². The van der Waals surface area contributed by atoms with Gasteiger partial charge in [0.15, 0.2) is 5.82 Å². The molecule has 0 unspecified atom stereocenters. The normalized spacial score (nSPS) is 17.8. The number of carbonyl (C=O) groups is 1. The zero-order chi connectivity index (χ0) is 25.5. The van der Waals surface area contributed by atoms with Crippen LogP contribution in [0.2, 0.25) is 0 Å². The molecule has 2 N–H and O–H groups in total. The molecule has 0 bridgehead atoms. The van der Waals surface area contributed by atoms with Crippen molar-refractivity contribution >= 4 is 5.91 Å². The molecule has 0 radical (unpaired) electrons. The van der Waals surface area contributed by atoms with E-state index in [9.17, 15) is 4.79 Å². The molecule has 5 rings (SSSR count). The van der Waals surface area contributed by atoms with E-state index >= 15 is 0 Å². The molecule has 7 heteroatoms. The predicted molar refractivity (Wildman–Crippen MR) is 142 cm³/mol. The molecular formula is C29H40N6O. The van der Waals surface area contributed by atoms with Crippen molar-refractivity contribution in [1.82, 2.24) is 30.5 Å². The molecule has 0 spiro atoms. The number of tetrazole rings is 1. The van der Waals surface area contributed by atoms with Crippen LogP contribution in [0.4, 0.5) is 0 Å². The van der Waals surface area contributed by atoms with Crippen molar-refractivity contribution in [2.45, 2.75) is 103 Å². The molecule has 3 aromatic rings. The average Bonchev–Trinajstić information content (AvgIpc) is 3.25. The van der Waals surface area contributed by atoms with E-state index < -0.39 is 0 Å². The second kappa shape index (κ2) is 9.49. The highest BCUT2D eigenvalue weighted by atomic mass is 16.1. The van der Waals surface area contributed by atoms with E-state index in [1.807, 2.05) is 0 Å². The Morgan fingerprint density at radius 1 is 1.14 bits per heavy atom. The third-order valence-electron chi connectivity index (χ3n) is 8.36. The summed E-state index contributed by atoms with van der Waals surface area (Å²) in [4.78, 5) is 13.3. The molecule has 36 heavy (non-hydrogen) atoms. The van der Waals surface area contributed by atoms with E-state index in [2.05, 4.69) is 89.4 Å². The Hall–Kier alpha value is -2.96. The van der Waals surface area contributed by atoms with E-state index in [1.54, 1.807) is 0 Å². The highest BCUT2D eigenvalue weighted by Gasteiger charge is 2.40. The molecule has 1 aromatic carbocycles. The highest BCUT2D eigenvalue weighted by Crippen LogP contribution is 2.49. The summed E-state index contributed by atoms with van der Waals surface area (Å²) in [6, 6.07) is 9.25. The van der Waals surface area contributed by atoms with E-state index in [1.165, 1.54) is 61.6 Å². The quantitative estimate of drug-likeness (QED) is 0.437. The molecule has 0 aliphatic heterocycles. The molecule has 2 heterocycles. The summed E-state index contributed by atoms with van der Waals surface area (Å²) in [6.45, 7) is 12.5. The molecule has 2 fully saturated rings. The van der Waals surface area contributed by atoms with Gasteiger partial charge in [0.2, 0.25) is 0 Å². The molecular weight excluding hydrogens is 448 g/mol. The number of amides is 1. The van der Waals surface area contributed by atoms with Crippen LogP contribution in [0.1, 0.15) is 106 Å². The number of aromatic nitrogens is 5. The number of H-pyrrole nitrogens is 1. The number of aromatic amines is 1. The maximum absolute atomic E-state index is 13.3. The van der Waals surface area contributed by atoms with Crippen molar-refractivity contribution < 1.29 is 4.79 Å². The Labute approximate surface area is 214 Å². The first-order chi connectivity index (χ1) is 17.1. The number of nitrogens with one attached hydrogen (secondary N) is 2. The molecule has 2 saturated carbocycles. The molecule has 0 saturated heterocycles. The number of rotatable bonds is 7. The van der Waals surface area contributed by atoms with Crippen molar-refractivity contribution in [2.24, 2.45) is 5.92 Å². The summed E-state index contributed by atoms with van der Waals surface area (Å²) in [7, 11) is 0. The van der Waals surface area contributed by atoms with Crippen LogP contribution in [-0.2, 0) is 23.9 Å².